The lowest BCUT2D eigenvalue weighted by Crippen LogP contribution is -2.36. The van der Waals surface area contributed by atoms with Gasteiger partial charge >= 0.3 is 0 Å². The number of carbonyl (C=O) groups is 1. The predicted molar refractivity (Wildman–Crippen MR) is 123 cm³/mol. The van der Waals surface area contributed by atoms with Gasteiger partial charge in [-0.3, -0.25) is 4.79 Å². The fraction of sp³-hybridized carbons (Fsp3) is 0.333. The number of aromatic nitrogens is 2. The van der Waals surface area contributed by atoms with Crippen LogP contribution in [0.3, 0.4) is 0 Å². The van der Waals surface area contributed by atoms with Crippen LogP contribution in [0.4, 0.5) is 4.39 Å². The monoisotopic (exact) mass is 470 g/mol. The molecule has 1 amide bonds. The molecule has 9 heteroatoms. The molecule has 1 N–H and O–H groups in total. The number of amides is 1. The molecular weight excluding hydrogens is 443 g/mol. The third-order valence-electron chi connectivity index (χ3n) is 6.01. The number of nitrogens with zero attached hydrogens (tertiary/aromatic N) is 3. The maximum absolute atomic E-state index is 14.6. The van der Waals surface area contributed by atoms with Crippen molar-refractivity contribution >= 4 is 15.9 Å². The van der Waals surface area contributed by atoms with Crippen LogP contribution in [0.1, 0.15) is 52.6 Å². The number of nitrogens with one attached hydrogen (secondary N) is 1. The highest BCUT2D eigenvalue weighted by Gasteiger charge is 2.28. The minimum absolute atomic E-state index is 0.0829. The van der Waals surface area contributed by atoms with Crippen molar-refractivity contribution in [3.05, 3.63) is 83.2 Å². The Morgan fingerprint density at radius 1 is 1.12 bits per heavy atom. The van der Waals surface area contributed by atoms with E-state index in [1.54, 1.807) is 55.2 Å². The van der Waals surface area contributed by atoms with Crippen molar-refractivity contribution in [2.75, 3.05) is 13.1 Å². The molecule has 3 aromatic rings. The van der Waals surface area contributed by atoms with E-state index in [9.17, 15) is 17.6 Å². The van der Waals surface area contributed by atoms with Gasteiger partial charge < -0.3 is 9.88 Å². The fourth-order valence-corrected chi connectivity index (χ4v) is 5.66. The summed E-state index contributed by atoms with van der Waals surface area (Å²) in [6.07, 6.45) is 5.95. The van der Waals surface area contributed by atoms with Gasteiger partial charge in [0.25, 0.3) is 5.91 Å². The quantitative estimate of drug-likeness (QED) is 0.597. The molecule has 1 aliphatic heterocycles. The topological polar surface area (TPSA) is 84.3 Å². The maximum atomic E-state index is 14.6. The first kappa shape index (κ1) is 23.1. The predicted octanol–water partition coefficient (Wildman–Crippen LogP) is 3.56. The van der Waals surface area contributed by atoms with Gasteiger partial charge in [0.05, 0.1) is 4.90 Å². The summed E-state index contributed by atoms with van der Waals surface area (Å²) in [5.41, 5.74) is 1.12. The van der Waals surface area contributed by atoms with Crippen LogP contribution in [0, 0.1) is 12.7 Å². The van der Waals surface area contributed by atoms with E-state index < -0.39 is 27.8 Å². The van der Waals surface area contributed by atoms with Crippen LogP contribution in [-0.4, -0.2) is 41.3 Å². The highest BCUT2D eigenvalue weighted by Crippen LogP contribution is 2.26. The van der Waals surface area contributed by atoms with Crippen molar-refractivity contribution in [2.24, 2.45) is 7.05 Å². The standard InChI is InChI=1S/C24H27FN4O3S/c1-17-10-11-18(33(31,32)29-13-6-3-7-14-29)16-20(17)24(30)27-22(23-26-12-15-28(23)2)19-8-4-5-9-21(19)25/h4-5,8-12,15-16,22H,3,6-7,13-14H2,1-2H3,(H,27,30)/t22-/m0/s1. The molecule has 0 spiro atoms. The van der Waals surface area contributed by atoms with Gasteiger partial charge in [-0.05, 0) is 43.5 Å². The Morgan fingerprint density at radius 2 is 1.85 bits per heavy atom. The average molecular weight is 471 g/mol. The third-order valence-corrected chi connectivity index (χ3v) is 7.91. The molecule has 33 heavy (non-hydrogen) atoms. The second kappa shape index (κ2) is 9.44. The van der Waals surface area contributed by atoms with Crippen LogP contribution in [-0.2, 0) is 17.1 Å². The fourth-order valence-electron chi connectivity index (χ4n) is 4.12. The van der Waals surface area contributed by atoms with E-state index in [2.05, 4.69) is 10.3 Å². The number of sulfonamides is 1. The van der Waals surface area contributed by atoms with Gasteiger partial charge in [-0.15, -0.1) is 0 Å². The number of rotatable bonds is 6. The number of imidazole rings is 1. The highest BCUT2D eigenvalue weighted by molar-refractivity contribution is 7.89. The Kier molecular flexibility index (Phi) is 6.62. The van der Waals surface area contributed by atoms with Crippen LogP contribution in [0.15, 0.2) is 59.8 Å². The Balaban J connectivity index is 1.69. The minimum atomic E-state index is -3.70. The Bertz CT molecular complexity index is 1270. The van der Waals surface area contributed by atoms with Crippen molar-refractivity contribution in [3.8, 4) is 0 Å². The molecule has 0 bridgehead atoms. The van der Waals surface area contributed by atoms with Crippen LogP contribution in [0.2, 0.25) is 0 Å². The smallest absolute Gasteiger partial charge is 0.252 e. The minimum Gasteiger partial charge on any atom is -0.338 e. The number of benzene rings is 2. The summed E-state index contributed by atoms with van der Waals surface area (Å²) < 4.78 is 44.1. The summed E-state index contributed by atoms with van der Waals surface area (Å²) in [4.78, 5) is 17.7. The summed E-state index contributed by atoms with van der Waals surface area (Å²) in [6, 6.07) is 9.92. The lowest BCUT2D eigenvalue weighted by Gasteiger charge is -2.26. The first-order valence-corrected chi connectivity index (χ1v) is 12.4. The number of hydrogen-bond donors (Lipinski definition) is 1. The highest BCUT2D eigenvalue weighted by atomic mass is 32.2. The van der Waals surface area contributed by atoms with E-state index in [1.807, 2.05) is 0 Å². The zero-order valence-electron chi connectivity index (χ0n) is 18.7. The largest absolute Gasteiger partial charge is 0.338 e. The Morgan fingerprint density at radius 3 is 2.52 bits per heavy atom. The molecule has 1 aliphatic rings. The van der Waals surface area contributed by atoms with E-state index in [1.165, 1.54) is 22.5 Å². The van der Waals surface area contributed by atoms with Crippen molar-refractivity contribution < 1.29 is 17.6 Å². The molecule has 0 radical (unpaired) electrons. The first-order valence-electron chi connectivity index (χ1n) is 10.9. The van der Waals surface area contributed by atoms with Crippen LogP contribution in [0.25, 0.3) is 0 Å². The van der Waals surface area contributed by atoms with Crippen LogP contribution < -0.4 is 5.32 Å². The Hall–Kier alpha value is -3.04. The summed E-state index contributed by atoms with van der Waals surface area (Å²) >= 11 is 0. The van der Waals surface area contributed by atoms with Crippen molar-refractivity contribution in [1.29, 1.82) is 0 Å². The molecule has 0 unspecified atom stereocenters. The molecular formula is C24H27FN4O3S. The molecule has 4 rings (SSSR count). The second-order valence-corrected chi connectivity index (χ2v) is 10.2. The average Bonchev–Trinajstić information content (AvgIpc) is 3.24. The van der Waals surface area contributed by atoms with Gasteiger partial charge in [-0.2, -0.15) is 4.31 Å². The summed E-state index contributed by atoms with van der Waals surface area (Å²) in [5.74, 6) is -0.508. The SMILES string of the molecule is Cc1ccc(S(=O)(=O)N2CCCCC2)cc1C(=O)N[C@@H](c1ccccc1F)c1nccn1C. The molecule has 1 fully saturated rings. The van der Waals surface area contributed by atoms with E-state index in [4.69, 9.17) is 0 Å². The molecule has 2 heterocycles. The first-order chi connectivity index (χ1) is 15.8. The van der Waals surface area contributed by atoms with Gasteiger partial charge in [-0.25, -0.2) is 17.8 Å². The molecule has 1 saturated heterocycles. The van der Waals surface area contributed by atoms with Gasteiger partial charge in [0.15, 0.2) is 0 Å². The normalized spacial score (nSPS) is 15.8. The van der Waals surface area contributed by atoms with E-state index in [0.29, 0.717) is 24.5 Å². The lowest BCUT2D eigenvalue weighted by molar-refractivity contribution is 0.0940. The Labute approximate surface area is 193 Å². The van der Waals surface area contributed by atoms with E-state index in [0.717, 1.165) is 19.3 Å². The van der Waals surface area contributed by atoms with Crippen LogP contribution >= 0.6 is 0 Å². The number of carbonyl (C=O) groups excluding carboxylic acids is 1. The molecule has 1 aromatic heterocycles. The van der Waals surface area contributed by atoms with Crippen molar-refractivity contribution in [3.63, 3.8) is 0 Å². The third kappa shape index (κ3) is 4.69. The van der Waals surface area contributed by atoms with Crippen molar-refractivity contribution in [2.45, 2.75) is 37.1 Å². The van der Waals surface area contributed by atoms with E-state index in [-0.39, 0.29) is 16.0 Å². The van der Waals surface area contributed by atoms with Crippen molar-refractivity contribution in [1.82, 2.24) is 19.2 Å². The zero-order valence-corrected chi connectivity index (χ0v) is 19.5. The lowest BCUT2D eigenvalue weighted by atomic mass is 10.0. The molecule has 174 valence electrons. The van der Waals surface area contributed by atoms with Gasteiger partial charge in [-0.1, -0.05) is 30.7 Å². The van der Waals surface area contributed by atoms with E-state index >= 15 is 0 Å². The van der Waals surface area contributed by atoms with Gasteiger partial charge in [0.2, 0.25) is 10.0 Å². The number of aryl methyl sites for hydroxylation is 2. The summed E-state index contributed by atoms with van der Waals surface area (Å²) in [6.45, 7) is 2.70. The molecule has 1 atom stereocenters. The van der Waals surface area contributed by atoms with Gasteiger partial charge in [0, 0.05) is 43.7 Å². The molecule has 2 aromatic carbocycles. The van der Waals surface area contributed by atoms with Crippen LogP contribution in [0.5, 0.6) is 0 Å². The molecule has 0 saturated carbocycles. The maximum Gasteiger partial charge on any atom is 0.252 e. The summed E-state index contributed by atoms with van der Waals surface area (Å²) in [5, 5.41) is 2.86. The second-order valence-electron chi connectivity index (χ2n) is 8.27. The molecule has 0 aliphatic carbocycles. The number of piperidine rings is 1. The number of halogens is 1. The zero-order chi connectivity index (χ0) is 23.6. The summed E-state index contributed by atoms with van der Waals surface area (Å²) in [7, 11) is -1.93. The van der Waals surface area contributed by atoms with Gasteiger partial charge in [0.1, 0.15) is 17.7 Å². The molecule has 7 nitrogen and oxygen atoms in total. The number of hydrogen-bond acceptors (Lipinski definition) is 4.